The molecule has 7 nitrogen and oxygen atoms in total. The van der Waals surface area contributed by atoms with Gasteiger partial charge < -0.3 is 4.74 Å². The van der Waals surface area contributed by atoms with Gasteiger partial charge in [-0.25, -0.2) is 8.42 Å². The van der Waals surface area contributed by atoms with Crippen LogP contribution in [0.1, 0.15) is 5.82 Å². The Kier molecular flexibility index (Phi) is 4.79. The molecule has 0 aliphatic rings. The molecule has 1 aromatic heterocycles. The van der Waals surface area contributed by atoms with Crippen molar-refractivity contribution in [2.45, 2.75) is 18.2 Å². The number of alkyl halides is 3. The number of para-hydroxylation sites is 1. The Morgan fingerprint density at radius 2 is 1.85 bits per heavy atom. The summed E-state index contributed by atoms with van der Waals surface area (Å²) in [5, 5.41) is 7.59. The summed E-state index contributed by atoms with van der Waals surface area (Å²) in [6, 6.07) is 10.8. The van der Waals surface area contributed by atoms with E-state index in [0.29, 0.717) is 11.5 Å². The molecule has 3 rings (SSSR count). The Morgan fingerprint density at radius 3 is 2.52 bits per heavy atom. The highest BCUT2D eigenvalue weighted by molar-refractivity contribution is 7.92. The number of hydrogen-bond acceptors (Lipinski definition) is 5. The number of nitrogens with zero attached hydrogens (tertiary/aromatic N) is 3. The lowest BCUT2D eigenvalue weighted by Crippen LogP contribution is -2.20. The molecule has 0 bridgehead atoms. The van der Waals surface area contributed by atoms with Gasteiger partial charge in [0.05, 0.1) is 11.4 Å². The van der Waals surface area contributed by atoms with Gasteiger partial charge in [0.2, 0.25) is 0 Å². The average Bonchev–Trinajstić information content (AvgIpc) is 2.99. The third-order valence-electron chi connectivity index (χ3n) is 3.46. The number of halogens is 3. The fourth-order valence-electron chi connectivity index (χ4n) is 2.36. The Labute approximate surface area is 152 Å². The second kappa shape index (κ2) is 6.91. The van der Waals surface area contributed by atoms with E-state index in [1.165, 1.54) is 30.6 Å². The molecule has 0 aliphatic carbocycles. The van der Waals surface area contributed by atoms with Crippen LogP contribution in [0.5, 0.6) is 5.75 Å². The monoisotopic (exact) mass is 398 g/mol. The quantitative estimate of drug-likeness (QED) is 0.713. The lowest BCUT2D eigenvalue weighted by Gasteiger charge is -2.15. The standard InChI is InChI=1S/C16H13F3N4O3S/c1-11-21-20-10-23(11)13-6-4-5-12(9-13)22-27(24,25)15-8-3-2-7-14(15)26-16(17,18)19/h2-10,22H,1H3. The maximum absolute atomic E-state index is 12.6. The van der Waals surface area contributed by atoms with Crippen molar-refractivity contribution in [2.24, 2.45) is 0 Å². The molecule has 2 aromatic carbocycles. The largest absolute Gasteiger partial charge is 0.573 e. The van der Waals surface area contributed by atoms with Gasteiger partial charge in [0.1, 0.15) is 22.8 Å². The Hall–Kier alpha value is -3.08. The number of anilines is 1. The van der Waals surface area contributed by atoms with Crippen molar-refractivity contribution >= 4 is 15.7 Å². The molecule has 1 heterocycles. The molecular weight excluding hydrogens is 385 g/mol. The molecule has 0 saturated heterocycles. The van der Waals surface area contributed by atoms with Gasteiger partial charge in [-0.05, 0) is 37.3 Å². The van der Waals surface area contributed by atoms with Gasteiger partial charge in [-0.2, -0.15) is 0 Å². The van der Waals surface area contributed by atoms with Crippen LogP contribution in [-0.4, -0.2) is 29.5 Å². The number of benzene rings is 2. The second-order valence-corrected chi connectivity index (χ2v) is 7.05. The first-order valence-electron chi connectivity index (χ1n) is 7.50. The fraction of sp³-hybridized carbons (Fsp3) is 0.125. The van der Waals surface area contributed by atoms with Crippen LogP contribution in [0.25, 0.3) is 5.69 Å². The van der Waals surface area contributed by atoms with Crippen LogP contribution in [-0.2, 0) is 10.0 Å². The first kappa shape index (κ1) is 18.7. The van der Waals surface area contributed by atoms with Crippen LogP contribution in [0, 0.1) is 6.92 Å². The summed E-state index contributed by atoms with van der Waals surface area (Å²) in [6.07, 6.45) is -3.56. The van der Waals surface area contributed by atoms with Crippen LogP contribution in [0.3, 0.4) is 0 Å². The minimum absolute atomic E-state index is 0.155. The predicted octanol–water partition coefficient (Wildman–Crippen LogP) is 3.28. The number of sulfonamides is 1. The molecule has 142 valence electrons. The molecule has 0 aliphatic heterocycles. The van der Waals surface area contributed by atoms with Crippen molar-refractivity contribution in [1.82, 2.24) is 14.8 Å². The second-order valence-electron chi connectivity index (χ2n) is 5.40. The summed E-state index contributed by atoms with van der Waals surface area (Å²) >= 11 is 0. The lowest BCUT2D eigenvalue weighted by atomic mass is 10.3. The van der Waals surface area contributed by atoms with Crippen LogP contribution in [0.15, 0.2) is 59.8 Å². The highest BCUT2D eigenvalue weighted by atomic mass is 32.2. The first-order valence-corrected chi connectivity index (χ1v) is 8.99. The van der Waals surface area contributed by atoms with Gasteiger partial charge in [-0.15, -0.1) is 23.4 Å². The molecular formula is C16H13F3N4O3S. The van der Waals surface area contributed by atoms with Gasteiger partial charge >= 0.3 is 6.36 Å². The van der Waals surface area contributed by atoms with Crippen LogP contribution in [0.4, 0.5) is 18.9 Å². The van der Waals surface area contributed by atoms with E-state index in [-0.39, 0.29) is 5.69 Å². The zero-order chi connectivity index (χ0) is 19.7. The minimum atomic E-state index is -5.02. The van der Waals surface area contributed by atoms with Gasteiger partial charge in [-0.3, -0.25) is 9.29 Å². The van der Waals surface area contributed by atoms with Crippen LogP contribution < -0.4 is 9.46 Å². The molecule has 0 amide bonds. The molecule has 0 spiro atoms. The fourth-order valence-corrected chi connectivity index (χ4v) is 3.54. The maximum Gasteiger partial charge on any atom is 0.573 e. The van der Waals surface area contributed by atoms with Crippen LogP contribution in [0.2, 0.25) is 0 Å². The average molecular weight is 398 g/mol. The maximum atomic E-state index is 12.6. The van der Waals surface area contributed by atoms with Gasteiger partial charge in [-0.1, -0.05) is 18.2 Å². The number of ether oxygens (including phenoxy) is 1. The number of aromatic nitrogens is 3. The van der Waals surface area contributed by atoms with Crippen molar-refractivity contribution in [3.8, 4) is 11.4 Å². The van der Waals surface area contributed by atoms with Gasteiger partial charge in [0, 0.05) is 0 Å². The number of rotatable bonds is 5. The van der Waals surface area contributed by atoms with Crippen molar-refractivity contribution < 1.29 is 26.3 Å². The van der Waals surface area contributed by atoms with Crippen molar-refractivity contribution in [3.63, 3.8) is 0 Å². The smallest absolute Gasteiger partial charge is 0.404 e. The molecule has 3 aromatic rings. The SMILES string of the molecule is Cc1nncn1-c1cccc(NS(=O)(=O)c2ccccc2OC(F)(F)F)c1. The van der Waals surface area contributed by atoms with E-state index in [0.717, 1.165) is 12.1 Å². The molecule has 0 atom stereocenters. The highest BCUT2D eigenvalue weighted by Gasteiger charge is 2.34. The van der Waals surface area contributed by atoms with Crippen molar-refractivity contribution in [2.75, 3.05) is 4.72 Å². The summed E-state index contributed by atoms with van der Waals surface area (Å²) in [5.41, 5.74) is 0.736. The lowest BCUT2D eigenvalue weighted by molar-refractivity contribution is -0.275. The van der Waals surface area contributed by atoms with E-state index in [4.69, 9.17) is 0 Å². The summed E-state index contributed by atoms with van der Waals surface area (Å²) in [5.74, 6) is -0.234. The van der Waals surface area contributed by atoms with Crippen molar-refractivity contribution in [3.05, 3.63) is 60.7 Å². The highest BCUT2D eigenvalue weighted by Crippen LogP contribution is 2.30. The minimum Gasteiger partial charge on any atom is -0.404 e. The van der Waals surface area contributed by atoms with E-state index in [2.05, 4.69) is 19.7 Å². The number of aryl methyl sites for hydroxylation is 1. The van der Waals surface area contributed by atoms with Crippen LogP contribution >= 0.6 is 0 Å². The topological polar surface area (TPSA) is 86.1 Å². The third-order valence-corrected chi connectivity index (χ3v) is 4.88. The normalized spacial score (nSPS) is 12.0. The third kappa shape index (κ3) is 4.37. The molecule has 11 heteroatoms. The van der Waals surface area contributed by atoms with E-state index in [1.54, 1.807) is 23.6 Å². The number of hydrogen-bond donors (Lipinski definition) is 1. The van der Waals surface area contributed by atoms with Gasteiger partial charge in [0.15, 0.2) is 0 Å². The van der Waals surface area contributed by atoms with E-state index in [1.807, 2.05) is 0 Å². The van der Waals surface area contributed by atoms with Crippen molar-refractivity contribution in [1.29, 1.82) is 0 Å². The molecule has 0 saturated carbocycles. The van der Waals surface area contributed by atoms with E-state index >= 15 is 0 Å². The zero-order valence-electron chi connectivity index (χ0n) is 13.8. The number of nitrogens with one attached hydrogen (secondary N) is 1. The molecule has 1 N–H and O–H groups in total. The summed E-state index contributed by atoms with van der Waals surface area (Å²) in [6.45, 7) is 1.72. The summed E-state index contributed by atoms with van der Waals surface area (Å²) in [7, 11) is -4.33. The molecule has 0 unspecified atom stereocenters. The Bertz CT molecular complexity index is 1060. The molecule has 0 radical (unpaired) electrons. The van der Waals surface area contributed by atoms with Gasteiger partial charge in [0.25, 0.3) is 10.0 Å². The summed E-state index contributed by atoms with van der Waals surface area (Å²) < 4.78 is 70.5. The Balaban J connectivity index is 1.94. The summed E-state index contributed by atoms with van der Waals surface area (Å²) in [4.78, 5) is -0.631. The molecule has 27 heavy (non-hydrogen) atoms. The first-order chi connectivity index (χ1) is 12.7. The van der Waals surface area contributed by atoms with E-state index in [9.17, 15) is 21.6 Å². The predicted molar refractivity (Wildman–Crippen MR) is 90.0 cm³/mol. The zero-order valence-corrected chi connectivity index (χ0v) is 14.6. The van der Waals surface area contributed by atoms with E-state index < -0.39 is 27.0 Å². The Morgan fingerprint density at radius 1 is 1.11 bits per heavy atom. The molecule has 0 fully saturated rings.